The third-order valence-electron chi connectivity index (χ3n) is 7.13. The number of hydrogen-bond acceptors (Lipinski definition) is 6. The smallest absolute Gasteiger partial charge is 0.229 e. The summed E-state index contributed by atoms with van der Waals surface area (Å²) in [7, 11) is 4.72. The Morgan fingerprint density at radius 2 is 1.41 bits per heavy atom. The maximum atomic E-state index is 13.8. The molecule has 1 aliphatic rings. The Kier molecular flexibility index (Phi) is 8.39. The number of methoxy groups -OCH3 is 3. The maximum Gasteiger partial charge on any atom is 0.229 e. The number of rotatable bonds is 9. The molecule has 1 fully saturated rings. The Labute approximate surface area is 239 Å². The summed E-state index contributed by atoms with van der Waals surface area (Å²) >= 11 is 0. The van der Waals surface area contributed by atoms with Crippen molar-refractivity contribution in [1.29, 1.82) is 0 Å². The number of piperidine rings is 1. The van der Waals surface area contributed by atoms with Gasteiger partial charge in [-0.05, 0) is 84.8 Å². The van der Waals surface area contributed by atoms with E-state index < -0.39 is 12.0 Å². The van der Waals surface area contributed by atoms with Crippen LogP contribution in [-0.4, -0.2) is 33.1 Å². The van der Waals surface area contributed by atoms with Gasteiger partial charge in [-0.1, -0.05) is 24.3 Å². The minimum Gasteiger partial charge on any atom is -0.497 e. The number of carbonyl (C=O) groups excluding carboxylic acids is 2. The molecule has 0 radical (unpaired) electrons. The van der Waals surface area contributed by atoms with Crippen molar-refractivity contribution >= 4 is 23.2 Å². The summed E-state index contributed by atoms with van der Waals surface area (Å²) in [6.07, 6.45) is 0.628. The average molecular weight is 553 g/mol. The molecule has 4 aromatic rings. The van der Waals surface area contributed by atoms with E-state index in [0.29, 0.717) is 40.8 Å². The quantitative estimate of drug-likeness (QED) is 0.251. The van der Waals surface area contributed by atoms with Gasteiger partial charge in [-0.15, -0.1) is 0 Å². The molecule has 210 valence electrons. The molecule has 5 rings (SSSR count). The molecule has 0 saturated carbocycles. The van der Waals surface area contributed by atoms with Crippen molar-refractivity contribution < 1.29 is 28.5 Å². The first-order valence-electron chi connectivity index (χ1n) is 13.3. The van der Waals surface area contributed by atoms with Crippen LogP contribution in [0.2, 0.25) is 0 Å². The maximum absolute atomic E-state index is 13.8. The number of anilines is 2. The molecule has 1 saturated heterocycles. The molecule has 1 aliphatic heterocycles. The van der Waals surface area contributed by atoms with Crippen molar-refractivity contribution in [2.75, 3.05) is 31.5 Å². The Hall–Kier alpha value is -4.98. The third-order valence-corrected chi connectivity index (χ3v) is 7.13. The van der Waals surface area contributed by atoms with Crippen LogP contribution < -0.4 is 29.2 Å². The highest BCUT2D eigenvalue weighted by Gasteiger charge is 2.42. The van der Waals surface area contributed by atoms with Crippen LogP contribution in [0.5, 0.6) is 28.7 Å². The summed E-state index contributed by atoms with van der Waals surface area (Å²) in [6.45, 7) is 0. The van der Waals surface area contributed by atoms with Gasteiger partial charge in [-0.3, -0.25) is 9.59 Å². The first-order chi connectivity index (χ1) is 20.0. The van der Waals surface area contributed by atoms with E-state index >= 15 is 0 Å². The molecular weight excluding hydrogens is 520 g/mol. The fourth-order valence-electron chi connectivity index (χ4n) is 5.10. The average Bonchev–Trinajstić information content (AvgIpc) is 3.02. The van der Waals surface area contributed by atoms with E-state index in [1.165, 1.54) is 0 Å². The molecule has 2 amide bonds. The molecule has 4 aromatic carbocycles. The third kappa shape index (κ3) is 6.11. The summed E-state index contributed by atoms with van der Waals surface area (Å²) in [5.74, 6) is 2.36. The van der Waals surface area contributed by atoms with Gasteiger partial charge in [-0.25, -0.2) is 0 Å². The van der Waals surface area contributed by atoms with Gasteiger partial charge in [0.15, 0.2) is 11.5 Å². The second-order valence-corrected chi connectivity index (χ2v) is 9.59. The summed E-state index contributed by atoms with van der Waals surface area (Å²) in [4.78, 5) is 28.9. The standard InChI is InChI=1S/C33H32N2O6/c1-38-25-16-12-24(13-17-25)35-31(36)20-18-28(32(35)22-9-19-29(39-2)30(21-22)40-3)33(37)34-23-10-14-27(15-11-23)41-26-7-5-4-6-8-26/h4-17,19,21,28,32H,18,20H2,1-3H3,(H,34,37)/t28-,32-/m1/s1. The largest absolute Gasteiger partial charge is 0.497 e. The van der Waals surface area contributed by atoms with Crippen LogP contribution in [0.4, 0.5) is 11.4 Å². The van der Waals surface area contributed by atoms with Crippen LogP contribution in [-0.2, 0) is 9.59 Å². The Morgan fingerprint density at radius 1 is 0.756 bits per heavy atom. The van der Waals surface area contributed by atoms with Crippen LogP contribution in [0.1, 0.15) is 24.4 Å². The molecule has 2 atom stereocenters. The summed E-state index contributed by atoms with van der Waals surface area (Å²) < 4.78 is 22.2. The second-order valence-electron chi connectivity index (χ2n) is 9.59. The number of carbonyl (C=O) groups is 2. The lowest BCUT2D eigenvalue weighted by Crippen LogP contribution is -2.47. The molecular formula is C33H32N2O6. The zero-order chi connectivity index (χ0) is 28.8. The predicted molar refractivity (Wildman–Crippen MR) is 157 cm³/mol. The van der Waals surface area contributed by atoms with Crippen molar-refractivity contribution in [3.8, 4) is 28.7 Å². The molecule has 41 heavy (non-hydrogen) atoms. The predicted octanol–water partition coefficient (Wildman–Crippen LogP) is 6.63. The molecule has 0 bridgehead atoms. The highest BCUT2D eigenvalue weighted by molar-refractivity contribution is 6.00. The lowest BCUT2D eigenvalue weighted by molar-refractivity contribution is -0.125. The minimum absolute atomic E-state index is 0.0681. The first-order valence-corrected chi connectivity index (χ1v) is 13.3. The van der Waals surface area contributed by atoms with Crippen LogP contribution in [0.15, 0.2) is 97.1 Å². The SMILES string of the molecule is COc1ccc(N2C(=O)CC[C@@H](C(=O)Nc3ccc(Oc4ccccc4)cc3)[C@H]2c2ccc(OC)c(OC)c2)cc1. The fourth-order valence-corrected chi connectivity index (χ4v) is 5.10. The second kappa shape index (κ2) is 12.5. The van der Waals surface area contributed by atoms with Gasteiger partial charge < -0.3 is 29.2 Å². The van der Waals surface area contributed by atoms with Gasteiger partial charge in [0, 0.05) is 17.8 Å². The Bertz CT molecular complexity index is 1490. The molecule has 8 nitrogen and oxygen atoms in total. The molecule has 8 heteroatoms. The van der Waals surface area contributed by atoms with Gasteiger partial charge in [0.1, 0.15) is 17.2 Å². The van der Waals surface area contributed by atoms with Crippen molar-refractivity contribution in [2.24, 2.45) is 5.92 Å². The number of para-hydroxylation sites is 1. The zero-order valence-electron chi connectivity index (χ0n) is 23.2. The minimum atomic E-state index is -0.579. The van der Waals surface area contributed by atoms with Crippen molar-refractivity contribution in [1.82, 2.24) is 0 Å². The number of ether oxygens (including phenoxy) is 4. The van der Waals surface area contributed by atoms with E-state index in [4.69, 9.17) is 18.9 Å². The highest BCUT2D eigenvalue weighted by atomic mass is 16.5. The molecule has 0 aliphatic carbocycles. The van der Waals surface area contributed by atoms with Gasteiger partial charge in [0.2, 0.25) is 11.8 Å². The molecule has 0 aromatic heterocycles. The molecule has 1 heterocycles. The van der Waals surface area contributed by atoms with E-state index in [9.17, 15) is 9.59 Å². The van der Waals surface area contributed by atoms with E-state index in [1.807, 2.05) is 66.7 Å². The molecule has 0 unspecified atom stereocenters. The van der Waals surface area contributed by atoms with Crippen LogP contribution in [0.3, 0.4) is 0 Å². The summed E-state index contributed by atoms with van der Waals surface area (Å²) in [6, 6.07) is 28.9. The number of benzene rings is 4. The molecule has 0 spiro atoms. The summed E-state index contributed by atoms with van der Waals surface area (Å²) in [5, 5.41) is 3.05. The zero-order valence-corrected chi connectivity index (χ0v) is 23.2. The van der Waals surface area contributed by atoms with Crippen LogP contribution in [0, 0.1) is 5.92 Å². The topological polar surface area (TPSA) is 86.3 Å². The van der Waals surface area contributed by atoms with Gasteiger partial charge in [0.25, 0.3) is 0 Å². The van der Waals surface area contributed by atoms with Crippen LogP contribution >= 0.6 is 0 Å². The summed E-state index contributed by atoms with van der Waals surface area (Å²) in [5.41, 5.74) is 2.07. The fraction of sp³-hybridized carbons (Fsp3) is 0.212. The van der Waals surface area contributed by atoms with Crippen LogP contribution in [0.25, 0.3) is 0 Å². The van der Waals surface area contributed by atoms with E-state index in [0.717, 1.165) is 11.3 Å². The lowest BCUT2D eigenvalue weighted by atomic mass is 9.83. The number of amides is 2. The Morgan fingerprint density at radius 3 is 2.07 bits per heavy atom. The molecule has 1 N–H and O–H groups in total. The van der Waals surface area contributed by atoms with Gasteiger partial charge >= 0.3 is 0 Å². The Balaban J connectivity index is 1.45. The number of nitrogens with one attached hydrogen (secondary N) is 1. The van der Waals surface area contributed by atoms with Gasteiger partial charge in [0.05, 0.1) is 33.3 Å². The monoisotopic (exact) mass is 552 g/mol. The first kappa shape index (κ1) is 27.6. The van der Waals surface area contributed by atoms with Crippen molar-refractivity contribution in [3.63, 3.8) is 0 Å². The van der Waals surface area contributed by atoms with Crippen molar-refractivity contribution in [3.05, 3.63) is 103 Å². The van der Waals surface area contributed by atoms with Crippen molar-refractivity contribution in [2.45, 2.75) is 18.9 Å². The highest BCUT2D eigenvalue weighted by Crippen LogP contribution is 2.43. The lowest BCUT2D eigenvalue weighted by Gasteiger charge is -2.41. The van der Waals surface area contributed by atoms with E-state index in [-0.39, 0.29) is 18.2 Å². The van der Waals surface area contributed by atoms with E-state index in [2.05, 4.69) is 5.32 Å². The number of hydrogen-bond donors (Lipinski definition) is 1. The van der Waals surface area contributed by atoms with Gasteiger partial charge in [-0.2, -0.15) is 0 Å². The normalized spacial score (nSPS) is 16.6. The van der Waals surface area contributed by atoms with E-state index in [1.54, 1.807) is 56.6 Å². The number of nitrogens with zero attached hydrogens (tertiary/aromatic N) is 1.